The molecule has 1 heteroatoms. The lowest BCUT2D eigenvalue weighted by Crippen LogP contribution is -2.24. The van der Waals surface area contributed by atoms with Crippen molar-refractivity contribution in [3.05, 3.63) is 71.3 Å². The van der Waals surface area contributed by atoms with Gasteiger partial charge in [0.25, 0.3) is 0 Å². The largest absolute Gasteiger partial charge is 0.303 e. The first-order valence-electron chi connectivity index (χ1n) is 7.64. The highest BCUT2D eigenvalue weighted by Crippen LogP contribution is 2.22. The van der Waals surface area contributed by atoms with E-state index >= 15 is 0 Å². The maximum Gasteiger partial charge on any atom is 0.0323 e. The van der Waals surface area contributed by atoms with E-state index in [4.69, 9.17) is 0 Å². The van der Waals surface area contributed by atoms with Crippen molar-refractivity contribution in [3.63, 3.8) is 0 Å². The average molecular weight is 267 g/mol. The maximum absolute atomic E-state index is 3.74. The summed E-state index contributed by atoms with van der Waals surface area (Å²) in [5.41, 5.74) is 4.12. The van der Waals surface area contributed by atoms with Crippen LogP contribution in [-0.4, -0.2) is 0 Å². The molecule has 0 saturated carbocycles. The van der Waals surface area contributed by atoms with Crippen molar-refractivity contribution in [2.75, 3.05) is 0 Å². The zero-order valence-corrected chi connectivity index (χ0v) is 12.8. The Morgan fingerprint density at radius 3 is 2.05 bits per heavy atom. The van der Waals surface area contributed by atoms with Gasteiger partial charge in [0.05, 0.1) is 0 Å². The Bertz CT molecular complexity index is 501. The summed E-state index contributed by atoms with van der Waals surface area (Å²) < 4.78 is 0. The predicted molar refractivity (Wildman–Crippen MR) is 86.8 cm³/mol. The van der Waals surface area contributed by atoms with Gasteiger partial charge in [-0.2, -0.15) is 0 Å². The van der Waals surface area contributed by atoms with Gasteiger partial charge in [0.1, 0.15) is 0 Å². The number of rotatable bonds is 6. The van der Waals surface area contributed by atoms with Crippen molar-refractivity contribution in [1.82, 2.24) is 5.32 Å². The second-order valence-corrected chi connectivity index (χ2v) is 5.36. The van der Waals surface area contributed by atoms with E-state index in [-0.39, 0.29) is 0 Å². The summed E-state index contributed by atoms with van der Waals surface area (Å²) in [5.74, 6) is 0. The lowest BCUT2D eigenvalue weighted by atomic mass is 10.0. The number of hydrogen-bond acceptors (Lipinski definition) is 1. The van der Waals surface area contributed by atoms with E-state index in [1.807, 2.05) is 0 Å². The maximum atomic E-state index is 3.74. The minimum absolute atomic E-state index is 0.367. The molecule has 2 rings (SSSR count). The Hall–Kier alpha value is -1.60. The summed E-state index contributed by atoms with van der Waals surface area (Å²) in [4.78, 5) is 0. The summed E-state index contributed by atoms with van der Waals surface area (Å²) in [6, 6.07) is 20.4. The van der Waals surface area contributed by atoms with Gasteiger partial charge in [0.15, 0.2) is 0 Å². The van der Waals surface area contributed by atoms with Crippen molar-refractivity contribution < 1.29 is 0 Å². The van der Waals surface area contributed by atoms with Gasteiger partial charge in [0.2, 0.25) is 0 Å². The van der Waals surface area contributed by atoms with E-state index in [9.17, 15) is 0 Å². The quantitative estimate of drug-likeness (QED) is 0.772. The number of nitrogens with one attached hydrogen (secondary N) is 1. The second kappa shape index (κ2) is 7.25. The van der Waals surface area contributed by atoms with E-state index in [0.717, 1.165) is 12.8 Å². The molecule has 0 aliphatic rings. The molecule has 0 spiro atoms. The van der Waals surface area contributed by atoms with Crippen molar-refractivity contribution in [1.29, 1.82) is 0 Å². The smallest absolute Gasteiger partial charge is 0.0323 e. The average Bonchev–Trinajstić information content (AvgIpc) is 2.53. The van der Waals surface area contributed by atoms with E-state index in [1.165, 1.54) is 16.7 Å². The third-order valence-electron chi connectivity index (χ3n) is 3.95. The van der Waals surface area contributed by atoms with E-state index < -0.39 is 0 Å². The van der Waals surface area contributed by atoms with Crippen LogP contribution < -0.4 is 5.32 Å². The topological polar surface area (TPSA) is 12.0 Å². The van der Waals surface area contributed by atoms with Crippen LogP contribution in [-0.2, 0) is 6.42 Å². The molecule has 2 unspecified atom stereocenters. The Morgan fingerprint density at radius 2 is 1.50 bits per heavy atom. The Kier molecular flexibility index (Phi) is 5.37. The van der Waals surface area contributed by atoms with Crippen molar-refractivity contribution >= 4 is 0 Å². The predicted octanol–water partition coefficient (Wildman–Crippen LogP) is 5.05. The summed E-state index contributed by atoms with van der Waals surface area (Å²) in [7, 11) is 0. The highest BCUT2D eigenvalue weighted by atomic mass is 14.9. The molecular formula is C19H25N. The fourth-order valence-electron chi connectivity index (χ4n) is 2.58. The first-order valence-corrected chi connectivity index (χ1v) is 7.64. The molecular weight excluding hydrogens is 242 g/mol. The molecule has 2 aromatic carbocycles. The highest BCUT2D eigenvalue weighted by molar-refractivity contribution is 5.25. The molecule has 0 heterocycles. The van der Waals surface area contributed by atoms with Crippen LogP contribution in [0.3, 0.4) is 0 Å². The van der Waals surface area contributed by atoms with Crippen molar-refractivity contribution in [2.45, 2.75) is 45.7 Å². The molecule has 2 atom stereocenters. The molecule has 0 bridgehead atoms. The van der Waals surface area contributed by atoms with Crippen molar-refractivity contribution in [3.8, 4) is 0 Å². The SMILES string of the molecule is CCc1ccc(C(C)NC(CC)c2ccccc2)cc1. The van der Waals surface area contributed by atoms with Gasteiger partial charge >= 0.3 is 0 Å². The third-order valence-corrected chi connectivity index (χ3v) is 3.95. The first kappa shape index (κ1) is 14.8. The van der Waals surface area contributed by atoms with Crippen molar-refractivity contribution in [2.24, 2.45) is 0 Å². The van der Waals surface area contributed by atoms with Gasteiger partial charge in [-0.25, -0.2) is 0 Å². The van der Waals surface area contributed by atoms with Crippen LogP contribution in [0.1, 0.15) is 56.0 Å². The first-order chi connectivity index (χ1) is 9.74. The molecule has 106 valence electrons. The molecule has 20 heavy (non-hydrogen) atoms. The van der Waals surface area contributed by atoms with E-state index in [1.54, 1.807) is 0 Å². The molecule has 1 nitrogen and oxygen atoms in total. The van der Waals surface area contributed by atoms with Gasteiger partial charge in [-0.1, -0.05) is 68.4 Å². The monoisotopic (exact) mass is 267 g/mol. The molecule has 0 fully saturated rings. The normalized spacial score (nSPS) is 13.9. The second-order valence-electron chi connectivity index (χ2n) is 5.36. The zero-order chi connectivity index (χ0) is 14.4. The highest BCUT2D eigenvalue weighted by Gasteiger charge is 2.13. The van der Waals surface area contributed by atoms with Crippen LogP contribution in [0.5, 0.6) is 0 Å². The lowest BCUT2D eigenvalue weighted by Gasteiger charge is -2.23. The lowest BCUT2D eigenvalue weighted by molar-refractivity contribution is 0.456. The number of benzene rings is 2. The molecule has 0 aromatic heterocycles. The Labute approximate surface area is 123 Å². The van der Waals surface area contributed by atoms with Crippen LogP contribution in [0, 0.1) is 0 Å². The zero-order valence-electron chi connectivity index (χ0n) is 12.8. The van der Waals surface area contributed by atoms with Gasteiger partial charge in [-0.3, -0.25) is 0 Å². The van der Waals surface area contributed by atoms with E-state index in [0.29, 0.717) is 12.1 Å². The number of hydrogen-bond donors (Lipinski definition) is 1. The van der Waals surface area contributed by atoms with Gasteiger partial charge in [0, 0.05) is 12.1 Å². The van der Waals surface area contributed by atoms with Crippen LogP contribution >= 0.6 is 0 Å². The molecule has 0 radical (unpaired) electrons. The van der Waals surface area contributed by atoms with Crippen LogP contribution in [0.2, 0.25) is 0 Å². The fourth-order valence-corrected chi connectivity index (χ4v) is 2.58. The Morgan fingerprint density at radius 1 is 0.850 bits per heavy atom. The molecule has 0 saturated heterocycles. The fraction of sp³-hybridized carbons (Fsp3) is 0.368. The molecule has 1 N–H and O–H groups in total. The summed E-state index contributed by atoms with van der Waals surface area (Å²) >= 11 is 0. The van der Waals surface area contributed by atoms with Gasteiger partial charge in [-0.05, 0) is 36.5 Å². The number of aryl methyl sites for hydroxylation is 1. The molecule has 0 amide bonds. The van der Waals surface area contributed by atoms with Crippen LogP contribution in [0.4, 0.5) is 0 Å². The van der Waals surface area contributed by atoms with Gasteiger partial charge < -0.3 is 5.32 Å². The molecule has 0 aliphatic carbocycles. The van der Waals surface area contributed by atoms with Crippen LogP contribution in [0.25, 0.3) is 0 Å². The summed E-state index contributed by atoms with van der Waals surface area (Å²) in [6.07, 6.45) is 2.20. The van der Waals surface area contributed by atoms with Crippen LogP contribution in [0.15, 0.2) is 54.6 Å². The van der Waals surface area contributed by atoms with Gasteiger partial charge in [-0.15, -0.1) is 0 Å². The van der Waals surface area contributed by atoms with E-state index in [2.05, 4.69) is 80.7 Å². The third kappa shape index (κ3) is 3.71. The Balaban J connectivity index is 2.06. The molecule has 0 aliphatic heterocycles. The minimum atomic E-state index is 0.367. The summed E-state index contributed by atoms with van der Waals surface area (Å²) in [5, 5.41) is 3.74. The molecule has 2 aromatic rings. The standard InChI is InChI=1S/C19H25N/c1-4-16-11-13-17(14-12-16)15(3)20-19(5-2)18-9-7-6-8-10-18/h6-15,19-20H,4-5H2,1-3H3. The summed E-state index contributed by atoms with van der Waals surface area (Å²) in [6.45, 7) is 6.67. The minimum Gasteiger partial charge on any atom is -0.303 e.